The Morgan fingerprint density at radius 2 is 1.17 bits per heavy atom. The summed E-state index contributed by atoms with van der Waals surface area (Å²) in [6.07, 6.45) is 0.114. The first-order valence-corrected chi connectivity index (χ1v) is 29.5. The average Bonchev–Trinajstić information content (AvgIpc) is 4.40. The second kappa shape index (κ2) is 21.1. The lowest BCUT2D eigenvalue weighted by Crippen LogP contribution is -2.85. The quantitative estimate of drug-likeness (QED) is 0.0729. The highest BCUT2D eigenvalue weighted by Gasteiger charge is 2.73. The molecule has 0 spiro atoms. The number of rotatable bonds is 13. The number of sulfonamides is 2. The largest absolute Gasteiger partial charge is 0.491 e. The zero-order valence-corrected chi connectivity index (χ0v) is 47.9. The maximum Gasteiger partial charge on any atom is 0.491 e. The van der Waals surface area contributed by atoms with Crippen LogP contribution >= 0.6 is 0 Å². The van der Waals surface area contributed by atoms with E-state index in [1.165, 1.54) is 56.5 Å². The van der Waals surface area contributed by atoms with Crippen molar-refractivity contribution in [3.8, 4) is 0 Å². The number of halogens is 3. The molecule has 0 bridgehead atoms. The van der Waals surface area contributed by atoms with E-state index in [1.54, 1.807) is 65.8 Å². The van der Waals surface area contributed by atoms with Crippen molar-refractivity contribution in [1.29, 1.82) is 0 Å². The summed E-state index contributed by atoms with van der Waals surface area (Å²) >= 11 is 0. The molecule has 2 amide bonds. The number of nitrogens with zero attached hydrogens (tertiary/aromatic N) is 10. The number of benzene rings is 2. The van der Waals surface area contributed by atoms with Gasteiger partial charge < -0.3 is 23.6 Å². The van der Waals surface area contributed by atoms with Crippen LogP contribution in [0.4, 0.5) is 24.5 Å². The second-order valence-electron chi connectivity index (χ2n) is 22.0. The summed E-state index contributed by atoms with van der Waals surface area (Å²) in [5.74, 6) is -4.47. The van der Waals surface area contributed by atoms with Crippen molar-refractivity contribution in [3.63, 3.8) is 0 Å². The lowest BCUT2D eigenvalue weighted by atomic mass is 9.84. The molecule has 430 valence electrons. The molecule has 0 radical (unpaired) electrons. The van der Waals surface area contributed by atoms with Crippen LogP contribution in [0.1, 0.15) is 68.1 Å². The Morgan fingerprint density at radius 1 is 0.679 bits per heavy atom. The maximum absolute atomic E-state index is 16.9. The molecule has 4 fully saturated rings. The molecule has 4 aromatic heterocycles. The zero-order chi connectivity index (χ0) is 58.2. The molecule has 4 aliphatic rings. The van der Waals surface area contributed by atoms with Gasteiger partial charge in [0, 0.05) is 72.3 Å². The third kappa shape index (κ3) is 9.61. The third-order valence-electron chi connectivity index (χ3n) is 17.4. The Balaban J connectivity index is 1.17. The number of aryl methyl sites for hydroxylation is 8. The van der Waals surface area contributed by atoms with Gasteiger partial charge in [0.25, 0.3) is 0 Å². The summed E-state index contributed by atoms with van der Waals surface area (Å²) < 4.78 is 125. The summed E-state index contributed by atoms with van der Waals surface area (Å²) in [4.78, 5) is 54.8. The second-order valence-corrected chi connectivity index (χ2v) is 25.9. The molecule has 81 heavy (non-hydrogen) atoms. The molecule has 6 atom stereocenters. The zero-order valence-electron chi connectivity index (χ0n) is 46.3. The van der Waals surface area contributed by atoms with Gasteiger partial charge in [-0.15, -0.1) is 0 Å². The molecule has 20 nitrogen and oxygen atoms in total. The molecule has 6 aromatic rings. The van der Waals surface area contributed by atoms with Crippen LogP contribution in [0, 0.1) is 55.4 Å². The molecule has 4 saturated heterocycles. The minimum atomic E-state index is -5.67. The van der Waals surface area contributed by atoms with Gasteiger partial charge in [0.1, 0.15) is 70.9 Å². The van der Waals surface area contributed by atoms with Crippen molar-refractivity contribution in [2.45, 2.75) is 101 Å². The first kappa shape index (κ1) is 57.3. The van der Waals surface area contributed by atoms with Crippen molar-refractivity contribution in [1.82, 2.24) is 47.7 Å². The van der Waals surface area contributed by atoms with Crippen LogP contribution in [-0.4, -0.2) is 170 Å². The van der Waals surface area contributed by atoms with E-state index in [0.29, 0.717) is 46.0 Å². The van der Waals surface area contributed by atoms with E-state index in [2.05, 4.69) is 20.3 Å². The standard InChI is InChI=1S/C56H65F3N10O10S2/c1-35-13-15-37(3)47(25-35)68(49-31-66(80(73,74)43-11-9-17-60-27-43)29-45(49)51-39(5)62-78-41(51)7)22-20-65(21-23-68)53(71)55(77-54(72)56(57,58)59)33-64(34-70)19-24-69(55,48-26-36(2)14-16-38(48)4)50-32-67(81(75,76)44-12-10-18-61-28-44)30-46(50)52-40(6)63-79-42(52)8/h9-18,25-28,34,45-46,49-50H,19-24,29-33H2,1-8H3/q+2/t45-,46-,49-,50-,55?,69-/m0/s1. The van der Waals surface area contributed by atoms with Gasteiger partial charge in [-0.1, -0.05) is 34.6 Å². The fraction of sp³-hybridized carbons (Fsp3) is 0.446. The van der Waals surface area contributed by atoms with Crippen LogP contribution in [0.25, 0.3) is 0 Å². The molecule has 0 aliphatic carbocycles. The van der Waals surface area contributed by atoms with Gasteiger partial charge in [0.2, 0.25) is 26.5 Å². The van der Waals surface area contributed by atoms with Crippen molar-refractivity contribution < 1.29 is 58.2 Å². The number of pyridine rings is 2. The smallest absolute Gasteiger partial charge is 0.392 e. The predicted octanol–water partition coefficient (Wildman–Crippen LogP) is 6.06. The molecular formula is C56H65F3N10O10S2+2. The van der Waals surface area contributed by atoms with E-state index in [-0.39, 0.29) is 78.9 Å². The summed E-state index contributed by atoms with van der Waals surface area (Å²) in [6, 6.07) is 15.3. The van der Waals surface area contributed by atoms with Crippen molar-refractivity contribution in [2.75, 3.05) is 72.0 Å². The third-order valence-corrected chi connectivity index (χ3v) is 21.0. The fourth-order valence-corrected chi connectivity index (χ4v) is 16.6. The number of aromatic nitrogens is 4. The van der Waals surface area contributed by atoms with E-state index in [4.69, 9.17) is 13.8 Å². The first-order valence-electron chi connectivity index (χ1n) is 26.7. The number of esters is 1. The lowest BCUT2D eigenvalue weighted by Gasteiger charge is -2.59. The topological polar surface area (TPSA) is 220 Å². The number of piperazine rings is 2. The van der Waals surface area contributed by atoms with Gasteiger partial charge in [0.05, 0.1) is 55.9 Å². The first-order chi connectivity index (χ1) is 38.3. The molecular weight excluding hydrogens is 1090 g/mol. The van der Waals surface area contributed by atoms with E-state index in [0.717, 1.165) is 27.3 Å². The van der Waals surface area contributed by atoms with Crippen LogP contribution in [0.15, 0.2) is 104 Å². The minimum Gasteiger partial charge on any atom is -0.392 e. The van der Waals surface area contributed by atoms with Gasteiger partial charge in [-0.25, -0.2) is 26.1 Å². The monoisotopic (exact) mass is 1160 g/mol. The van der Waals surface area contributed by atoms with Gasteiger partial charge in [-0.05, 0) is 90.8 Å². The summed E-state index contributed by atoms with van der Waals surface area (Å²) in [5.41, 5.74) is 3.10. The maximum atomic E-state index is 16.9. The van der Waals surface area contributed by atoms with Gasteiger partial charge in [0.15, 0.2) is 0 Å². The Kier molecular flexibility index (Phi) is 15.0. The van der Waals surface area contributed by atoms with Crippen molar-refractivity contribution in [2.24, 2.45) is 0 Å². The van der Waals surface area contributed by atoms with Gasteiger partial charge >= 0.3 is 23.8 Å². The number of hydrogen-bond donors (Lipinski definition) is 0. The van der Waals surface area contributed by atoms with E-state index < -0.39 is 85.3 Å². The van der Waals surface area contributed by atoms with Crippen molar-refractivity contribution in [3.05, 3.63) is 142 Å². The summed E-state index contributed by atoms with van der Waals surface area (Å²) in [6.45, 7) is 12.0. The molecule has 0 saturated carbocycles. The van der Waals surface area contributed by atoms with Crippen LogP contribution in [-0.2, 0) is 39.2 Å². The SMILES string of the molecule is Cc1ccc(C)c([N+]2([C@H]3CN(S(=O)(=O)c4cccnc4)C[C@@H]3c3c(C)noc3C)CCN(C(=O)C3(OC(=O)C(F)(F)F)CN(C=O)CC[N@+]3(c3cc(C)ccc3C)[C@H]3CN(S(=O)(=O)c4cccnc4)C[C@@H]3c3c(C)noc3C)CC2)c1. The predicted molar refractivity (Wildman–Crippen MR) is 290 cm³/mol. The summed E-state index contributed by atoms with van der Waals surface area (Å²) in [5, 5.41) is 8.53. The van der Waals surface area contributed by atoms with Gasteiger partial charge in [-0.2, -0.15) is 21.8 Å². The highest BCUT2D eigenvalue weighted by atomic mass is 32.2. The molecule has 0 N–H and O–H groups in total. The molecule has 4 aliphatic heterocycles. The normalized spacial score (nSPS) is 24.8. The number of alkyl halides is 3. The number of amides is 2. The van der Waals surface area contributed by atoms with Crippen molar-refractivity contribution >= 4 is 49.7 Å². The number of carbonyl (C=O) groups excluding carboxylic acids is 3. The number of hydrogen-bond acceptors (Lipinski definition) is 14. The number of carbonyl (C=O) groups is 3. The molecule has 10 rings (SSSR count). The molecule has 1 unspecified atom stereocenters. The van der Waals surface area contributed by atoms with Gasteiger partial charge in [-0.3, -0.25) is 24.0 Å². The van der Waals surface area contributed by atoms with E-state index >= 15 is 18.0 Å². The molecule has 8 heterocycles. The highest BCUT2D eigenvalue weighted by Crippen LogP contribution is 2.52. The Hall–Kier alpha value is -6.90. The lowest BCUT2D eigenvalue weighted by molar-refractivity contribution is -0.242. The average molecular weight is 1160 g/mol. The Labute approximate surface area is 468 Å². The highest BCUT2D eigenvalue weighted by molar-refractivity contribution is 7.89. The van der Waals surface area contributed by atoms with Crippen LogP contribution in [0.5, 0.6) is 0 Å². The molecule has 25 heteroatoms. The van der Waals surface area contributed by atoms with E-state index in [9.17, 15) is 26.4 Å². The number of quaternary nitrogens is 2. The minimum absolute atomic E-state index is 0.00507. The van der Waals surface area contributed by atoms with Crippen LogP contribution < -0.4 is 8.97 Å². The Bertz CT molecular complexity index is 3600. The summed E-state index contributed by atoms with van der Waals surface area (Å²) in [7, 11) is -8.59. The fourth-order valence-electron chi connectivity index (χ4n) is 13.7. The van der Waals surface area contributed by atoms with Crippen LogP contribution in [0.3, 0.4) is 0 Å². The van der Waals surface area contributed by atoms with E-state index in [1.807, 2.05) is 32.0 Å². The number of ether oxygens (including phenoxy) is 1. The molecule has 2 aromatic carbocycles. The van der Waals surface area contributed by atoms with Crippen LogP contribution in [0.2, 0.25) is 0 Å². The Morgan fingerprint density at radius 3 is 1.64 bits per heavy atom.